The number of hydrogen-bond donors (Lipinski definition) is 0. The zero-order valence-corrected chi connectivity index (χ0v) is 13.7. The Kier molecular flexibility index (Phi) is 4.76. The van der Waals surface area contributed by atoms with Crippen molar-refractivity contribution in [2.75, 3.05) is 10.8 Å². The van der Waals surface area contributed by atoms with Crippen molar-refractivity contribution in [3.05, 3.63) is 66.2 Å². The van der Waals surface area contributed by atoms with Gasteiger partial charge in [-0.25, -0.2) is 8.42 Å². The first-order chi connectivity index (χ1) is 11.1. The summed E-state index contributed by atoms with van der Waals surface area (Å²) in [5.74, 6) is 0.272. The molecule has 1 aliphatic heterocycles. The molecule has 2 aromatic carbocycles. The first-order valence-electron chi connectivity index (χ1n) is 7.77. The van der Waals surface area contributed by atoms with Crippen molar-refractivity contribution >= 4 is 21.7 Å². The number of anilines is 1. The summed E-state index contributed by atoms with van der Waals surface area (Å²) in [7, 11) is -3.01. The molecule has 5 heteroatoms. The van der Waals surface area contributed by atoms with E-state index in [1.54, 1.807) is 6.21 Å². The molecule has 0 radical (unpaired) electrons. The minimum absolute atomic E-state index is 0.272. The minimum Gasteiger partial charge on any atom is -0.261 e. The van der Waals surface area contributed by atoms with Gasteiger partial charge in [0, 0.05) is 6.21 Å². The van der Waals surface area contributed by atoms with Gasteiger partial charge in [0.2, 0.25) is 0 Å². The molecular weight excluding hydrogens is 308 g/mol. The van der Waals surface area contributed by atoms with E-state index in [0.29, 0.717) is 13.0 Å². The van der Waals surface area contributed by atoms with Gasteiger partial charge in [0.25, 0.3) is 0 Å². The number of sulfone groups is 1. The van der Waals surface area contributed by atoms with E-state index in [1.807, 2.05) is 65.7 Å². The van der Waals surface area contributed by atoms with Crippen molar-refractivity contribution in [2.45, 2.75) is 24.6 Å². The molecule has 23 heavy (non-hydrogen) atoms. The highest BCUT2D eigenvalue weighted by atomic mass is 32.2. The fourth-order valence-corrected chi connectivity index (χ4v) is 4.33. The monoisotopic (exact) mass is 328 g/mol. The summed E-state index contributed by atoms with van der Waals surface area (Å²) in [5.41, 5.74) is 2.07. The maximum absolute atomic E-state index is 12.0. The molecule has 0 aliphatic carbocycles. The van der Waals surface area contributed by atoms with E-state index in [-0.39, 0.29) is 5.75 Å². The van der Waals surface area contributed by atoms with Gasteiger partial charge in [-0.15, -0.1) is 0 Å². The molecule has 1 saturated heterocycles. The van der Waals surface area contributed by atoms with Gasteiger partial charge in [-0.2, -0.15) is 5.10 Å². The molecule has 1 aliphatic rings. The normalized spacial score (nSPS) is 19.9. The molecule has 120 valence electrons. The summed E-state index contributed by atoms with van der Waals surface area (Å²) in [4.78, 5) is 0. The second-order valence-electron chi connectivity index (χ2n) is 5.69. The molecule has 0 amide bonds. The molecule has 0 spiro atoms. The summed E-state index contributed by atoms with van der Waals surface area (Å²) in [6.07, 6.45) is 2.99. The van der Waals surface area contributed by atoms with Crippen LogP contribution in [0.3, 0.4) is 0 Å². The van der Waals surface area contributed by atoms with Crippen LogP contribution in [0.4, 0.5) is 5.69 Å². The van der Waals surface area contributed by atoms with Gasteiger partial charge in [0.1, 0.15) is 0 Å². The summed E-state index contributed by atoms with van der Waals surface area (Å²) < 4.78 is 23.9. The van der Waals surface area contributed by atoms with Crippen molar-refractivity contribution in [1.29, 1.82) is 0 Å². The standard InChI is InChI=1S/C18H20N2O2S/c21-23(22)13-7-12-18(23)14-19-20(17-10-5-2-6-11-17)15-16-8-3-1-4-9-16/h1-6,8-11,14,18H,7,12-13,15H2/b19-14+. The van der Waals surface area contributed by atoms with E-state index < -0.39 is 15.1 Å². The van der Waals surface area contributed by atoms with Crippen molar-refractivity contribution < 1.29 is 8.42 Å². The van der Waals surface area contributed by atoms with E-state index in [0.717, 1.165) is 17.7 Å². The highest BCUT2D eigenvalue weighted by Crippen LogP contribution is 2.21. The molecule has 4 nitrogen and oxygen atoms in total. The Morgan fingerprint density at radius 1 is 1.04 bits per heavy atom. The van der Waals surface area contributed by atoms with Crippen LogP contribution in [0.2, 0.25) is 0 Å². The Balaban J connectivity index is 1.84. The number of benzene rings is 2. The van der Waals surface area contributed by atoms with Crippen molar-refractivity contribution in [2.24, 2.45) is 5.10 Å². The number of rotatable bonds is 5. The fourth-order valence-electron chi connectivity index (χ4n) is 2.69. The highest BCUT2D eigenvalue weighted by Gasteiger charge is 2.29. The molecule has 1 heterocycles. The largest absolute Gasteiger partial charge is 0.261 e. The van der Waals surface area contributed by atoms with Crippen LogP contribution in [-0.4, -0.2) is 25.6 Å². The van der Waals surface area contributed by atoms with Crippen LogP contribution in [0.25, 0.3) is 0 Å². The highest BCUT2D eigenvalue weighted by molar-refractivity contribution is 7.92. The third-order valence-electron chi connectivity index (χ3n) is 3.98. The van der Waals surface area contributed by atoms with Crippen LogP contribution in [0, 0.1) is 0 Å². The van der Waals surface area contributed by atoms with Gasteiger partial charge < -0.3 is 0 Å². The fraction of sp³-hybridized carbons (Fsp3) is 0.278. The van der Waals surface area contributed by atoms with Crippen LogP contribution in [0.15, 0.2) is 65.8 Å². The van der Waals surface area contributed by atoms with E-state index >= 15 is 0 Å². The first kappa shape index (κ1) is 15.7. The first-order valence-corrected chi connectivity index (χ1v) is 9.49. The van der Waals surface area contributed by atoms with E-state index in [1.165, 1.54) is 0 Å². The zero-order chi connectivity index (χ0) is 16.1. The number of nitrogens with zero attached hydrogens (tertiary/aromatic N) is 2. The smallest absolute Gasteiger partial charge is 0.158 e. The van der Waals surface area contributed by atoms with Crippen LogP contribution in [0.1, 0.15) is 18.4 Å². The molecule has 1 atom stereocenters. The third-order valence-corrected chi connectivity index (χ3v) is 6.12. The molecule has 3 rings (SSSR count). The summed E-state index contributed by atoms with van der Waals surface area (Å²) in [6.45, 7) is 0.605. The lowest BCUT2D eigenvalue weighted by molar-refractivity contribution is 0.599. The van der Waals surface area contributed by atoms with E-state index in [9.17, 15) is 8.42 Å². The topological polar surface area (TPSA) is 49.7 Å². The van der Waals surface area contributed by atoms with Gasteiger partial charge >= 0.3 is 0 Å². The predicted octanol–water partition coefficient (Wildman–Crippen LogP) is 3.26. The molecule has 2 aromatic rings. The summed E-state index contributed by atoms with van der Waals surface area (Å²) in [6, 6.07) is 19.8. The zero-order valence-electron chi connectivity index (χ0n) is 12.9. The van der Waals surface area contributed by atoms with Crippen LogP contribution < -0.4 is 5.01 Å². The van der Waals surface area contributed by atoms with Crippen LogP contribution >= 0.6 is 0 Å². The lowest BCUT2D eigenvalue weighted by Gasteiger charge is -2.20. The lowest BCUT2D eigenvalue weighted by Crippen LogP contribution is -2.22. The molecule has 1 unspecified atom stereocenters. The average Bonchev–Trinajstić information content (AvgIpc) is 2.92. The Bertz CT molecular complexity index is 758. The third kappa shape index (κ3) is 3.99. The van der Waals surface area contributed by atoms with Crippen molar-refractivity contribution in [3.8, 4) is 0 Å². The average molecular weight is 328 g/mol. The second kappa shape index (κ2) is 6.96. The van der Waals surface area contributed by atoms with E-state index in [4.69, 9.17) is 0 Å². The van der Waals surface area contributed by atoms with Gasteiger partial charge in [-0.3, -0.25) is 5.01 Å². The van der Waals surface area contributed by atoms with Crippen LogP contribution in [-0.2, 0) is 16.4 Å². The van der Waals surface area contributed by atoms with Gasteiger partial charge in [-0.05, 0) is 30.5 Å². The summed E-state index contributed by atoms with van der Waals surface area (Å²) >= 11 is 0. The number of para-hydroxylation sites is 1. The predicted molar refractivity (Wildman–Crippen MR) is 94.4 cm³/mol. The molecule has 0 bridgehead atoms. The van der Waals surface area contributed by atoms with Gasteiger partial charge in [0.15, 0.2) is 9.84 Å². The van der Waals surface area contributed by atoms with Gasteiger partial charge in [-0.1, -0.05) is 48.5 Å². The number of hydrogen-bond acceptors (Lipinski definition) is 4. The van der Waals surface area contributed by atoms with Gasteiger partial charge in [0.05, 0.1) is 23.2 Å². The maximum Gasteiger partial charge on any atom is 0.158 e. The lowest BCUT2D eigenvalue weighted by atomic mass is 10.2. The Morgan fingerprint density at radius 3 is 2.30 bits per heavy atom. The Hall–Kier alpha value is -2.14. The Morgan fingerprint density at radius 2 is 1.70 bits per heavy atom. The van der Waals surface area contributed by atoms with Crippen molar-refractivity contribution in [3.63, 3.8) is 0 Å². The summed E-state index contributed by atoms with van der Waals surface area (Å²) in [5, 5.41) is 5.89. The minimum atomic E-state index is -3.01. The molecule has 1 fully saturated rings. The second-order valence-corrected chi connectivity index (χ2v) is 8.03. The van der Waals surface area contributed by atoms with E-state index in [2.05, 4.69) is 5.10 Å². The number of hydrazone groups is 1. The molecule has 0 saturated carbocycles. The molecular formula is C18H20N2O2S. The quantitative estimate of drug-likeness (QED) is 0.625. The maximum atomic E-state index is 12.0. The van der Waals surface area contributed by atoms with Crippen molar-refractivity contribution in [1.82, 2.24) is 0 Å². The molecule has 0 aromatic heterocycles. The Labute approximate surface area is 137 Å². The van der Waals surface area contributed by atoms with Crippen LogP contribution in [0.5, 0.6) is 0 Å². The SMILES string of the molecule is O=S1(=O)CCCC1/C=N/N(Cc1ccccc1)c1ccccc1. The molecule has 0 N–H and O–H groups in total.